The average molecular weight is 148 g/mol. The van der Waals surface area contributed by atoms with Gasteiger partial charge in [0.1, 0.15) is 0 Å². The molecular formula is C10H14N. The Morgan fingerprint density at radius 3 is 2.64 bits per heavy atom. The number of aryl methyl sites for hydroxylation is 1. The summed E-state index contributed by atoms with van der Waals surface area (Å²) in [6, 6.07) is 9.18. The molecule has 1 aromatic rings. The van der Waals surface area contributed by atoms with Gasteiger partial charge in [-0.05, 0) is 30.2 Å². The van der Waals surface area contributed by atoms with Crippen LogP contribution in [0.15, 0.2) is 18.2 Å². The molecule has 11 heavy (non-hydrogen) atoms. The molecular weight excluding hydrogens is 134 g/mol. The topological polar surface area (TPSA) is 3.24 Å². The lowest BCUT2D eigenvalue weighted by Crippen LogP contribution is -2.10. The number of anilines is 1. The molecule has 0 saturated carbocycles. The minimum atomic E-state index is 1.07. The van der Waals surface area contributed by atoms with E-state index >= 15 is 0 Å². The highest BCUT2D eigenvalue weighted by Crippen LogP contribution is 2.17. The van der Waals surface area contributed by atoms with Crippen molar-refractivity contribution in [1.82, 2.24) is 0 Å². The van der Waals surface area contributed by atoms with Gasteiger partial charge in [-0.2, -0.15) is 0 Å². The predicted octanol–water partition coefficient (Wildman–Crippen LogP) is 2.12. The first-order valence-electron chi connectivity index (χ1n) is 3.92. The summed E-state index contributed by atoms with van der Waals surface area (Å²) in [7, 11) is 4.13. The first-order chi connectivity index (χ1) is 5.25. The molecule has 0 bridgehead atoms. The van der Waals surface area contributed by atoms with Gasteiger partial charge in [-0.25, -0.2) is 0 Å². The summed E-state index contributed by atoms with van der Waals surface area (Å²) in [4.78, 5) is 2.13. The van der Waals surface area contributed by atoms with Crippen molar-refractivity contribution < 1.29 is 0 Å². The monoisotopic (exact) mass is 148 g/mol. The van der Waals surface area contributed by atoms with E-state index < -0.39 is 0 Å². The minimum absolute atomic E-state index is 1.07. The van der Waals surface area contributed by atoms with Gasteiger partial charge in [-0.1, -0.05) is 13.0 Å². The molecule has 0 aliphatic rings. The maximum absolute atomic E-state index is 3.08. The minimum Gasteiger partial charge on any atom is -0.377 e. The van der Waals surface area contributed by atoms with Crippen LogP contribution in [0.5, 0.6) is 0 Å². The van der Waals surface area contributed by atoms with E-state index in [0.29, 0.717) is 0 Å². The molecule has 0 heterocycles. The van der Waals surface area contributed by atoms with Crippen LogP contribution in [0.4, 0.5) is 5.69 Å². The second-order valence-electron chi connectivity index (χ2n) is 2.80. The Hall–Kier alpha value is -0.980. The van der Waals surface area contributed by atoms with Crippen molar-refractivity contribution in [2.24, 2.45) is 0 Å². The van der Waals surface area contributed by atoms with Crippen molar-refractivity contribution in [3.8, 4) is 0 Å². The summed E-state index contributed by atoms with van der Waals surface area (Å²) < 4.78 is 0. The molecule has 1 rings (SSSR count). The maximum atomic E-state index is 3.08. The van der Waals surface area contributed by atoms with Crippen molar-refractivity contribution in [1.29, 1.82) is 0 Å². The summed E-state index contributed by atoms with van der Waals surface area (Å²) in [6.07, 6.45) is 1.07. The first-order valence-corrected chi connectivity index (χ1v) is 3.92. The van der Waals surface area contributed by atoms with Crippen LogP contribution in [-0.4, -0.2) is 14.1 Å². The van der Waals surface area contributed by atoms with Gasteiger partial charge in [-0.15, -0.1) is 0 Å². The first kappa shape index (κ1) is 8.12. The lowest BCUT2D eigenvalue weighted by atomic mass is 10.1. The molecule has 0 unspecified atom stereocenters. The molecule has 0 aliphatic carbocycles. The Morgan fingerprint density at radius 1 is 1.45 bits per heavy atom. The highest BCUT2D eigenvalue weighted by molar-refractivity contribution is 5.51. The normalized spacial score (nSPS) is 9.73. The molecule has 1 heteroatoms. The van der Waals surface area contributed by atoms with Crippen LogP contribution in [0.2, 0.25) is 0 Å². The number of rotatable bonds is 2. The lowest BCUT2D eigenvalue weighted by Gasteiger charge is -2.15. The fraction of sp³-hybridized carbons (Fsp3) is 0.400. The Bertz CT molecular complexity index is 228. The number of nitrogens with zero attached hydrogens (tertiary/aromatic N) is 1. The summed E-state index contributed by atoms with van der Waals surface area (Å²) >= 11 is 0. The zero-order valence-corrected chi connectivity index (χ0v) is 7.39. The van der Waals surface area contributed by atoms with E-state index in [0.717, 1.165) is 6.42 Å². The van der Waals surface area contributed by atoms with Gasteiger partial charge in [0.2, 0.25) is 0 Å². The van der Waals surface area contributed by atoms with Gasteiger partial charge in [0, 0.05) is 19.8 Å². The molecule has 1 aromatic carbocycles. The Labute approximate surface area is 68.7 Å². The van der Waals surface area contributed by atoms with E-state index in [1.165, 1.54) is 11.3 Å². The van der Waals surface area contributed by atoms with Gasteiger partial charge in [0.15, 0.2) is 0 Å². The van der Waals surface area contributed by atoms with Crippen molar-refractivity contribution in [3.63, 3.8) is 0 Å². The second kappa shape index (κ2) is 3.42. The third-order valence-electron chi connectivity index (χ3n) is 1.79. The number of hydrogen-bond acceptors (Lipinski definition) is 1. The maximum Gasteiger partial charge on any atom is 0.0393 e. The van der Waals surface area contributed by atoms with E-state index in [4.69, 9.17) is 0 Å². The van der Waals surface area contributed by atoms with E-state index in [2.05, 4.69) is 44.1 Å². The lowest BCUT2D eigenvalue weighted by molar-refractivity contribution is 1.06. The fourth-order valence-electron chi connectivity index (χ4n) is 1.18. The molecule has 1 radical (unpaired) electrons. The van der Waals surface area contributed by atoms with Crippen LogP contribution in [0, 0.1) is 6.07 Å². The highest BCUT2D eigenvalue weighted by atomic mass is 15.1. The SMILES string of the molecule is CCc1c[c]ccc1N(C)C. The molecule has 0 atom stereocenters. The highest BCUT2D eigenvalue weighted by Gasteiger charge is 1.99. The van der Waals surface area contributed by atoms with Crippen molar-refractivity contribution in [2.45, 2.75) is 13.3 Å². The zero-order chi connectivity index (χ0) is 8.27. The molecule has 0 spiro atoms. The number of hydrogen-bond donors (Lipinski definition) is 0. The quantitative estimate of drug-likeness (QED) is 0.621. The molecule has 0 aromatic heterocycles. The van der Waals surface area contributed by atoms with Crippen LogP contribution in [0.25, 0.3) is 0 Å². The average Bonchev–Trinajstić information content (AvgIpc) is 2.04. The largest absolute Gasteiger partial charge is 0.377 e. The van der Waals surface area contributed by atoms with Gasteiger partial charge < -0.3 is 4.90 Å². The third-order valence-corrected chi connectivity index (χ3v) is 1.79. The van der Waals surface area contributed by atoms with Crippen LogP contribution < -0.4 is 4.90 Å². The predicted molar refractivity (Wildman–Crippen MR) is 49.0 cm³/mol. The van der Waals surface area contributed by atoms with Crippen LogP contribution in [0.1, 0.15) is 12.5 Å². The van der Waals surface area contributed by atoms with Crippen molar-refractivity contribution in [2.75, 3.05) is 19.0 Å². The van der Waals surface area contributed by atoms with E-state index in [-0.39, 0.29) is 0 Å². The molecule has 0 saturated heterocycles. The Morgan fingerprint density at radius 2 is 2.18 bits per heavy atom. The summed E-state index contributed by atoms with van der Waals surface area (Å²) in [5.74, 6) is 0. The van der Waals surface area contributed by atoms with Crippen LogP contribution in [-0.2, 0) is 6.42 Å². The Balaban J connectivity index is 3.02. The summed E-state index contributed by atoms with van der Waals surface area (Å²) in [6.45, 7) is 2.16. The fourth-order valence-corrected chi connectivity index (χ4v) is 1.18. The molecule has 1 nitrogen and oxygen atoms in total. The van der Waals surface area contributed by atoms with Gasteiger partial charge in [-0.3, -0.25) is 0 Å². The smallest absolute Gasteiger partial charge is 0.0393 e. The van der Waals surface area contributed by atoms with Gasteiger partial charge in [0.05, 0.1) is 0 Å². The van der Waals surface area contributed by atoms with Crippen molar-refractivity contribution in [3.05, 3.63) is 29.8 Å². The Kier molecular flexibility index (Phi) is 2.53. The molecule has 59 valence electrons. The molecule has 0 fully saturated rings. The zero-order valence-electron chi connectivity index (χ0n) is 7.39. The summed E-state index contributed by atoms with van der Waals surface area (Å²) in [5.41, 5.74) is 2.66. The van der Waals surface area contributed by atoms with Crippen LogP contribution in [0.3, 0.4) is 0 Å². The third kappa shape index (κ3) is 1.73. The van der Waals surface area contributed by atoms with E-state index in [1.807, 2.05) is 6.07 Å². The van der Waals surface area contributed by atoms with Gasteiger partial charge in [0.25, 0.3) is 0 Å². The molecule has 0 amide bonds. The standard InChI is InChI=1S/C10H14N/c1-4-9-7-5-6-8-10(9)11(2)3/h6-8H,4H2,1-3H3. The number of benzene rings is 1. The second-order valence-corrected chi connectivity index (χ2v) is 2.80. The molecule has 0 aliphatic heterocycles. The van der Waals surface area contributed by atoms with E-state index in [9.17, 15) is 0 Å². The molecule has 0 N–H and O–H groups in total. The van der Waals surface area contributed by atoms with Crippen molar-refractivity contribution >= 4 is 5.69 Å². The van der Waals surface area contributed by atoms with Gasteiger partial charge >= 0.3 is 0 Å². The van der Waals surface area contributed by atoms with Crippen LogP contribution >= 0.6 is 0 Å². The van der Waals surface area contributed by atoms with E-state index in [1.54, 1.807) is 0 Å². The summed E-state index contributed by atoms with van der Waals surface area (Å²) in [5, 5.41) is 0.